The summed E-state index contributed by atoms with van der Waals surface area (Å²) in [5.74, 6) is 2.31. The number of amides is 1. The zero-order chi connectivity index (χ0) is 15.4. The molecule has 0 unspecified atom stereocenters. The molecule has 1 aliphatic heterocycles. The number of aromatic amines is 1. The molecule has 2 atom stereocenters. The van der Waals surface area contributed by atoms with Gasteiger partial charge in [0.1, 0.15) is 12.4 Å². The number of carbonyl (C=O) groups is 1. The zero-order valence-corrected chi connectivity index (χ0v) is 14.1. The molecule has 0 aliphatic carbocycles. The third-order valence-corrected chi connectivity index (χ3v) is 4.50. The van der Waals surface area contributed by atoms with E-state index in [2.05, 4.69) is 31.0 Å². The van der Waals surface area contributed by atoms with Crippen LogP contribution in [0.5, 0.6) is 0 Å². The smallest absolute Gasteiger partial charge is 0.242 e. The molecule has 1 aliphatic rings. The molecule has 1 fully saturated rings. The van der Waals surface area contributed by atoms with Crippen LogP contribution in [0.3, 0.4) is 0 Å². The van der Waals surface area contributed by atoms with Gasteiger partial charge in [0.25, 0.3) is 0 Å². The lowest BCUT2D eigenvalue weighted by Crippen LogP contribution is -2.36. The van der Waals surface area contributed by atoms with E-state index in [0.717, 1.165) is 38.2 Å². The molecule has 21 heavy (non-hydrogen) atoms. The van der Waals surface area contributed by atoms with Crippen LogP contribution in [-0.4, -0.2) is 38.7 Å². The molecule has 1 aromatic heterocycles. The second-order valence-electron chi connectivity index (χ2n) is 6.36. The Labute approximate surface area is 131 Å². The summed E-state index contributed by atoms with van der Waals surface area (Å²) in [6, 6.07) is 0. The molecule has 2 heterocycles. The molecule has 1 saturated heterocycles. The van der Waals surface area contributed by atoms with Gasteiger partial charge in [-0.2, -0.15) is 5.10 Å². The molecule has 0 spiro atoms. The van der Waals surface area contributed by atoms with Crippen LogP contribution in [0.2, 0.25) is 0 Å². The van der Waals surface area contributed by atoms with Gasteiger partial charge in [0.15, 0.2) is 4.77 Å². The second kappa shape index (κ2) is 7.20. The summed E-state index contributed by atoms with van der Waals surface area (Å²) in [6.07, 6.45) is 4.13. The van der Waals surface area contributed by atoms with Gasteiger partial charge in [0.05, 0.1) is 0 Å². The average molecular weight is 310 g/mol. The first-order chi connectivity index (χ1) is 10.0. The second-order valence-corrected chi connectivity index (χ2v) is 6.74. The van der Waals surface area contributed by atoms with Crippen LogP contribution >= 0.6 is 12.2 Å². The molecule has 118 valence electrons. The van der Waals surface area contributed by atoms with Crippen LogP contribution in [-0.2, 0) is 17.8 Å². The topological polar surface area (TPSA) is 53.9 Å². The van der Waals surface area contributed by atoms with Gasteiger partial charge in [-0.25, -0.2) is 0 Å². The lowest BCUT2D eigenvalue weighted by molar-refractivity contribution is -0.132. The highest BCUT2D eigenvalue weighted by Crippen LogP contribution is 2.21. The third kappa shape index (κ3) is 4.15. The largest absolute Gasteiger partial charge is 0.341 e. The highest BCUT2D eigenvalue weighted by molar-refractivity contribution is 7.71. The van der Waals surface area contributed by atoms with E-state index in [-0.39, 0.29) is 5.91 Å². The van der Waals surface area contributed by atoms with E-state index in [4.69, 9.17) is 12.2 Å². The number of nitrogens with zero attached hydrogens (tertiary/aromatic N) is 3. The number of carbonyl (C=O) groups excluding carboxylic acids is 1. The van der Waals surface area contributed by atoms with Crippen molar-refractivity contribution in [2.75, 3.05) is 13.1 Å². The van der Waals surface area contributed by atoms with Crippen LogP contribution in [0.4, 0.5) is 0 Å². The van der Waals surface area contributed by atoms with Crippen molar-refractivity contribution in [2.24, 2.45) is 11.8 Å². The van der Waals surface area contributed by atoms with Gasteiger partial charge in [-0.05, 0) is 43.3 Å². The van der Waals surface area contributed by atoms with E-state index in [9.17, 15) is 4.79 Å². The predicted molar refractivity (Wildman–Crippen MR) is 85.5 cm³/mol. The first kappa shape index (κ1) is 16.2. The summed E-state index contributed by atoms with van der Waals surface area (Å²) in [5.41, 5.74) is 0. The number of aromatic nitrogens is 3. The van der Waals surface area contributed by atoms with Crippen molar-refractivity contribution in [3.05, 3.63) is 10.6 Å². The normalized spacial score (nSPS) is 23.1. The monoisotopic (exact) mass is 310 g/mol. The molecule has 2 rings (SSSR count). The van der Waals surface area contributed by atoms with Crippen molar-refractivity contribution in [1.82, 2.24) is 19.7 Å². The molecule has 0 radical (unpaired) electrons. The van der Waals surface area contributed by atoms with Crippen molar-refractivity contribution in [1.29, 1.82) is 0 Å². The molecule has 0 saturated carbocycles. The van der Waals surface area contributed by atoms with Crippen LogP contribution in [0.1, 0.15) is 45.9 Å². The number of rotatable bonds is 4. The highest BCUT2D eigenvalue weighted by Gasteiger charge is 2.23. The lowest BCUT2D eigenvalue weighted by atomic mass is 9.97. The Morgan fingerprint density at radius 1 is 1.43 bits per heavy atom. The Hall–Kier alpha value is -1.17. The summed E-state index contributed by atoms with van der Waals surface area (Å²) < 4.78 is 2.39. The van der Waals surface area contributed by atoms with E-state index in [1.54, 1.807) is 0 Å². The molecule has 5 nitrogen and oxygen atoms in total. The first-order valence-corrected chi connectivity index (χ1v) is 8.34. The molecule has 0 aromatic carbocycles. The van der Waals surface area contributed by atoms with Crippen molar-refractivity contribution >= 4 is 18.1 Å². The van der Waals surface area contributed by atoms with Crippen molar-refractivity contribution < 1.29 is 4.79 Å². The van der Waals surface area contributed by atoms with E-state index < -0.39 is 0 Å². The van der Waals surface area contributed by atoms with Crippen LogP contribution < -0.4 is 0 Å². The Balaban J connectivity index is 2.07. The number of H-pyrrole nitrogens is 1. The number of aryl methyl sites for hydroxylation is 1. The Kier molecular flexibility index (Phi) is 5.56. The van der Waals surface area contributed by atoms with Crippen LogP contribution in [0.25, 0.3) is 0 Å². The molecule has 0 bridgehead atoms. The molecule has 1 amide bonds. The molecule has 1 aromatic rings. The molecular formula is C15H26N4OS. The van der Waals surface area contributed by atoms with Gasteiger partial charge in [0.2, 0.25) is 5.91 Å². The van der Waals surface area contributed by atoms with Gasteiger partial charge in [-0.15, -0.1) is 0 Å². The summed E-state index contributed by atoms with van der Waals surface area (Å²) in [4.78, 5) is 14.6. The quantitative estimate of drug-likeness (QED) is 0.870. The fraction of sp³-hybridized carbons (Fsp3) is 0.800. The Morgan fingerprint density at radius 3 is 2.90 bits per heavy atom. The summed E-state index contributed by atoms with van der Waals surface area (Å²) in [5, 5.41) is 7.03. The SMILES string of the molecule is CCCc1n[nH]c(=S)n1CC(=O)N1CC[C@H](C)C[C@@H](C)C1. The fourth-order valence-corrected chi connectivity index (χ4v) is 3.33. The summed E-state index contributed by atoms with van der Waals surface area (Å²) in [7, 11) is 0. The van der Waals surface area contributed by atoms with E-state index >= 15 is 0 Å². The maximum Gasteiger partial charge on any atom is 0.242 e. The zero-order valence-electron chi connectivity index (χ0n) is 13.3. The van der Waals surface area contributed by atoms with E-state index in [0.29, 0.717) is 23.2 Å². The third-order valence-electron chi connectivity index (χ3n) is 4.19. The number of hydrogen-bond donors (Lipinski definition) is 1. The maximum atomic E-state index is 12.6. The Bertz CT molecular complexity index is 536. The van der Waals surface area contributed by atoms with Crippen molar-refractivity contribution in [2.45, 2.75) is 53.0 Å². The maximum absolute atomic E-state index is 12.6. The van der Waals surface area contributed by atoms with Gasteiger partial charge < -0.3 is 4.90 Å². The van der Waals surface area contributed by atoms with Crippen molar-refractivity contribution in [3.8, 4) is 0 Å². The minimum Gasteiger partial charge on any atom is -0.341 e. The van der Waals surface area contributed by atoms with Crippen molar-refractivity contribution in [3.63, 3.8) is 0 Å². The minimum absolute atomic E-state index is 0.158. The number of likely N-dealkylation sites (tertiary alicyclic amines) is 1. The molecule has 6 heteroatoms. The van der Waals surface area contributed by atoms with Gasteiger partial charge in [-0.1, -0.05) is 20.8 Å². The van der Waals surface area contributed by atoms with E-state index in [1.165, 1.54) is 6.42 Å². The summed E-state index contributed by atoms with van der Waals surface area (Å²) in [6.45, 7) is 8.63. The highest BCUT2D eigenvalue weighted by atomic mass is 32.1. The van der Waals surface area contributed by atoms with Gasteiger partial charge in [0, 0.05) is 19.5 Å². The Morgan fingerprint density at radius 2 is 2.19 bits per heavy atom. The van der Waals surface area contributed by atoms with Gasteiger partial charge >= 0.3 is 0 Å². The first-order valence-electron chi connectivity index (χ1n) is 7.93. The average Bonchev–Trinajstić information content (AvgIpc) is 2.66. The fourth-order valence-electron chi connectivity index (χ4n) is 3.11. The minimum atomic E-state index is 0.158. The number of nitrogens with one attached hydrogen (secondary N) is 1. The molecular weight excluding hydrogens is 284 g/mol. The lowest BCUT2D eigenvalue weighted by Gasteiger charge is -2.23. The summed E-state index contributed by atoms with van der Waals surface area (Å²) >= 11 is 5.25. The predicted octanol–water partition coefficient (Wildman–Crippen LogP) is 2.79. The molecule has 1 N–H and O–H groups in total. The van der Waals surface area contributed by atoms with Crippen LogP contribution in [0.15, 0.2) is 0 Å². The van der Waals surface area contributed by atoms with Crippen LogP contribution in [0, 0.1) is 16.6 Å². The van der Waals surface area contributed by atoms with E-state index in [1.807, 2.05) is 9.47 Å². The van der Waals surface area contributed by atoms with Gasteiger partial charge in [-0.3, -0.25) is 14.5 Å². The standard InChI is InChI=1S/C15H26N4OS/c1-4-5-13-16-17-15(21)19(13)10-14(20)18-7-6-11(2)8-12(3)9-18/h11-12H,4-10H2,1-3H3,(H,17,21)/t11-,12+/m0/s1. The number of hydrogen-bond acceptors (Lipinski definition) is 3.